The standard InChI is InChI=1S/C31H30ClFN4O2S.ClH/c1-19-28(21-3-6-24(7-4-21)40(38,39)34-2)31(19)37-15-11-20(12-16-37)25-18-36-30(23-5-8-27(33)26(32)17-23)29(25)22-9-13-35-14-10-22;/h3-11,13-14,17-19,28,31,34,36H,12,15-16H2,1-2H3;1H. The van der Waals surface area contributed by atoms with Crippen LogP contribution in [-0.4, -0.2) is 49.5 Å². The summed E-state index contributed by atoms with van der Waals surface area (Å²) in [6.45, 7) is 4.04. The molecule has 0 amide bonds. The fraction of sp³-hybridized carbons (Fsp3) is 0.258. The van der Waals surface area contributed by atoms with Crippen molar-refractivity contribution in [2.45, 2.75) is 30.2 Å². The molecule has 0 spiro atoms. The molecule has 4 aromatic rings. The smallest absolute Gasteiger partial charge is 0.240 e. The Kier molecular flexibility index (Phi) is 8.41. The van der Waals surface area contributed by atoms with Gasteiger partial charge in [0, 0.05) is 60.3 Å². The minimum Gasteiger partial charge on any atom is -0.360 e. The lowest BCUT2D eigenvalue weighted by molar-refractivity contribution is 0.277. The summed E-state index contributed by atoms with van der Waals surface area (Å²) in [6.07, 6.45) is 8.80. The molecule has 41 heavy (non-hydrogen) atoms. The van der Waals surface area contributed by atoms with Gasteiger partial charge in [0.2, 0.25) is 10.0 Å². The zero-order valence-electron chi connectivity index (χ0n) is 22.6. The highest BCUT2D eigenvalue weighted by Gasteiger charge is 2.51. The molecule has 3 atom stereocenters. The second kappa shape index (κ2) is 11.7. The van der Waals surface area contributed by atoms with E-state index in [1.54, 1.807) is 36.7 Å². The average Bonchev–Trinajstić information content (AvgIpc) is 3.45. The van der Waals surface area contributed by atoms with E-state index in [1.165, 1.54) is 24.3 Å². The lowest BCUT2D eigenvalue weighted by Gasteiger charge is -2.27. The molecule has 2 aromatic heterocycles. The van der Waals surface area contributed by atoms with Crippen LogP contribution in [0.15, 0.2) is 84.2 Å². The summed E-state index contributed by atoms with van der Waals surface area (Å²) >= 11 is 6.13. The van der Waals surface area contributed by atoms with E-state index in [4.69, 9.17) is 11.6 Å². The molecular formula is C31H31Cl2FN4O2S. The molecule has 3 heterocycles. The van der Waals surface area contributed by atoms with Crippen molar-refractivity contribution in [1.29, 1.82) is 0 Å². The molecule has 6 nitrogen and oxygen atoms in total. The molecule has 10 heteroatoms. The SMILES string of the molecule is CNS(=O)(=O)c1ccc(C2C(C)C2N2CC=C(c3c[nH]c(-c4ccc(F)c(Cl)c4)c3-c3ccncc3)CC2)cc1.Cl. The second-order valence-corrected chi connectivity index (χ2v) is 12.7. The zero-order valence-corrected chi connectivity index (χ0v) is 25.0. The number of nitrogens with one attached hydrogen (secondary N) is 2. The first kappa shape index (κ1) is 29.5. The van der Waals surface area contributed by atoms with Crippen LogP contribution in [0.3, 0.4) is 0 Å². The van der Waals surface area contributed by atoms with Crippen LogP contribution in [0.25, 0.3) is 28.0 Å². The van der Waals surface area contributed by atoms with Crippen LogP contribution in [0.2, 0.25) is 5.02 Å². The largest absolute Gasteiger partial charge is 0.360 e. The minimum atomic E-state index is -3.44. The van der Waals surface area contributed by atoms with Gasteiger partial charge in [-0.05, 0) is 78.6 Å². The first-order valence-electron chi connectivity index (χ1n) is 13.3. The lowest BCUT2D eigenvalue weighted by Crippen LogP contribution is -2.32. The van der Waals surface area contributed by atoms with E-state index in [-0.39, 0.29) is 22.3 Å². The van der Waals surface area contributed by atoms with Gasteiger partial charge >= 0.3 is 0 Å². The Labute approximate surface area is 251 Å². The third kappa shape index (κ3) is 5.59. The molecule has 1 aliphatic heterocycles. The third-order valence-electron chi connectivity index (χ3n) is 8.24. The Morgan fingerprint density at radius 3 is 2.44 bits per heavy atom. The Hall–Kier alpha value is -3.01. The van der Waals surface area contributed by atoms with Crippen molar-refractivity contribution in [2.24, 2.45) is 5.92 Å². The Morgan fingerprint density at radius 2 is 1.80 bits per heavy atom. The van der Waals surface area contributed by atoms with E-state index >= 15 is 0 Å². The summed E-state index contributed by atoms with van der Waals surface area (Å²) in [5, 5.41) is 0.0910. The molecule has 3 unspecified atom stereocenters. The van der Waals surface area contributed by atoms with Gasteiger partial charge in [-0.25, -0.2) is 17.5 Å². The first-order valence-corrected chi connectivity index (χ1v) is 15.2. The number of halogens is 3. The number of rotatable bonds is 7. The molecule has 0 bridgehead atoms. The van der Waals surface area contributed by atoms with Crippen LogP contribution >= 0.6 is 24.0 Å². The predicted molar refractivity (Wildman–Crippen MR) is 164 cm³/mol. The quantitative estimate of drug-likeness (QED) is 0.242. The molecule has 2 aromatic carbocycles. The summed E-state index contributed by atoms with van der Waals surface area (Å²) in [6, 6.07) is 16.5. The first-order chi connectivity index (χ1) is 19.3. The fourth-order valence-corrected chi connectivity index (χ4v) is 6.97. The van der Waals surface area contributed by atoms with Gasteiger partial charge in [-0.3, -0.25) is 9.88 Å². The number of benzene rings is 2. The van der Waals surface area contributed by atoms with Gasteiger partial charge in [-0.2, -0.15) is 0 Å². The number of hydrogen-bond acceptors (Lipinski definition) is 4. The maximum Gasteiger partial charge on any atom is 0.240 e. The van der Waals surface area contributed by atoms with Crippen molar-refractivity contribution < 1.29 is 12.8 Å². The molecule has 6 rings (SSSR count). The van der Waals surface area contributed by atoms with Crippen molar-refractivity contribution in [3.63, 3.8) is 0 Å². The van der Waals surface area contributed by atoms with Crippen molar-refractivity contribution in [1.82, 2.24) is 19.6 Å². The van der Waals surface area contributed by atoms with E-state index in [0.717, 1.165) is 47.5 Å². The maximum atomic E-state index is 13.9. The zero-order chi connectivity index (χ0) is 28.0. The molecule has 2 aliphatic rings. The predicted octanol–water partition coefficient (Wildman–Crippen LogP) is 6.76. The summed E-state index contributed by atoms with van der Waals surface area (Å²) in [4.78, 5) is 10.4. The number of hydrogen-bond donors (Lipinski definition) is 2. The summed E-state index contributed by atoms with van der Waals surface area (Å²) in [7, 11) is -2.02. The Bertz CT molecular complexity index is 1690. The van der Waals surface area contributed by atoms with Crippen molar-refractivity contribution >= 4 is 39.6 Å². The van der Waals surface area contributed by atoms with Crippen LogP contribution in [0.1, 0.15) is 30.4 Å². The third-order valence-corrected chi connectivity index (χ3v) is 9.96. The topological polar surface area (TPSA) is 78.1 Å². The number of aromatic nitrogens is 2. The van der Waals surface area contributed by atoms with Crippen LogP contribution in [0, 0.1) is 11.7 Å². The molecule has 214 valence electrons. The van der Waals surface area contributed by atoms with Gasteiger partial charge in [0.15, 0.2) is 0 Å². The fourth-order valence-electron chi connectivity index (χ4n) is 6.06. The number of sulfonamides is 1. The highest BCUT2D eigenvalue weighted by Crippen LogP contribution is 2.52. The van der Waals surface area contributed by atoms with Crippen LogP contribution in [0.5, 0.6) is 0 Å². The molecule has 1 aliphatic carbocycles. The van der Waals surface area contributed by atoms with Crippen molar-refractivity contribution in [3.05, 3.63) is 101 Å². The monoisotopic (exact) mass is 612 g/mol. The number of aromatic amines is 1. The van der Waals surface area contributed by atoms with Gasteiger partial charge in [0.05, 0.1) is 15.6 Å². The summed E-state index contributed by atoms with van der Waals surface area (Å²) < 4.78 is 40.5. The maximum absolute atomic E-state index is 13.9. The Morgan fingerprint density at radius 1 is 1.07 bits per heavy atom. The Balaban J connectivity index is 0.00000337. The van der Waals surface area contributed by atoms with Crippen LogP contribution < -0.4 is 4.72 Å². The lowest BCUT2D eigenvalue weighted by atomic mass is 9.92. The summed E-state index contributed by atoms with van der Waals surface area (Å²) in [5.74, 6) is 0.441. The molecule has 0 radical (unpaired) electrons. The van der Waals surface area contributed by atoms with Crippen LogP contribution in [0.4, 0.5) is 4.39 Å². The van der Waals surface area contributed by atoms with E-state index in [9.17, 15) is 12.8 Å². The number of nitrogens with zero attached hydrogens (tertiary/aromatic N) is 2. The van der Waals surface area contributed by atoms with Gasteiger partial charge in [0.1, 0.15) is 5.82 Å². The van der Waals surface area contributed by atoms with E-state index in [2.05, 4.69) is 32.6 Å². The van der Waals surface area contributed by atoms with Gasteiger partial charge in [0.25, 0.3) is 0 Å². The van der Waals surface area contributed by atoms with E-state index in [0.29, 0.717) is 17.9 Å². The molecule has 1 saturated carbocycles. The highest BCUT2D eigenvalue weighted by atomic mass is 35.5. The van der Waals surface area contributed by atoms with Crippen molar-refractivity contribution in [3.8, 4) is 22.4 Å². The van der Waals surface area contributed by atoms with Gasteiger partial charge in [-0.1, -0.05) is 36.7 Å². The average molecular weight is 614 g/mol. The molecular weight excluding hydrogens is 582 g/mol. The molecule has 0 saturated heterocycles. The number of pyridine rings is 1. The van der Waals surface area contributed by atoms with E-state index in [1.807, 2.05) is 30.5 Å². The second-order valence-electron chi connectivity index (χ2n) is 10.4. The highest BCUT2D eigenvalue weighted by molar-refractivity contribution is 7.89. The minimum absolute atomic E-state index is 0. The molecule has 2 N–H and O–H groups in total. The summed E-state index contributed by atoms with van der Waals surface area (Å²) in [5.41, 5.74) is 7.38. The molecule has 1 fully saturated rings. The van der Waals surface area contributed by atoms with Crippen molar-refractivity contribution in [2.75, 3.05) is 20.1 Å². The van der Waals surface area contributed by atoms with Gasteiger partial charge in [-0.15, -0.1) is 12.4 Å². The normalized spacial score (nSPS) is 20.8. The van der Waals surface area contributed by atoms with E-state index < -0.39 is 15.8 Å². The van der Waals surface area contributed by atoms with Crippen LogP contribution in [-0.2, 0) is 10.0 Å². The van der Waals surface area contributed by atoms with Gasteiger partial charge < -0.3 is 4.98 Å². The number of H-pyrrole nitrogens is 1.